The molecule has 0 saturated carbocycles. The Kier molecular flexibility index (Phi) is 6.06. The maximum Gasteiger partial charge on any atom is 0.0547 e. The summed E-state index contributed by atoms with van der Waals surface area (Å²) in [5.41, 5.74) is 7.77. The highest BCUT2D eigenvalue weighted by atomic mass is 16.5. The molecule has 108 valence electrons. The predicted octanol–water partition coefficient (Wildman–Crippen LogP) is 4.13. The second-order valence-electron chi connectivity index (χ2n) is 5.98. The molecule has 0 amide bonds. The molecule has 0 N–H and O–H groups in total. The molecule has 0 aromatic heterocycles. The Balaban J connectivity index is 3.23. The van der Waals surface area contributed by atoms with Crippen LogP contribution in [0.3, 0.4) is 0 Å². The predicted molar refractivity (Wildman–Crippen MR) is 80.2 cm³/mol. The van der Waals surface area contributed by atoms with Crippen LogP contribution in [-0.4, -0.2) is 27.4 Å². The fourth-order valence-electron chi connectivity index (χ4n) is 3.45. The molecule has 19 heavy (non-hydrogen) atoms. The van der Waals surface area contributed by atoms with Gasteiger partial charge in [0, 0.05) is 19.6 Å². The summed E-state index contributed by atoms with van der Waals surface area (Å²) in [5, 5.41) is 0. The van der Waals surface area contributed by atoms with Crippen molar-refractivity contribution in [2.45, 2.75) is 40.5 Å². The van der Waals surface area contributed by atoms with Gasteiger partial charge in [-0.1, -0.05) is 19.4 Å². The van der Waals surface area contributed by atoms with Gasteiger partial charge in [-0.15, -0.1) is 5.73 Å². The highest BCUT2D eigenvalue weighted by Gasteiger charge is 2.37. The molecule has 0 aromatic carbocycles. The monoisotopic (exact) mass is 264 g/mol. The minimum Gasteiger partial charge on any atom is -0.384 e. The van der Waals surface area contributed by atoms with Crippen LogP contribution in [0.1, 0.15) is 40.5 Å². The number of hydrogen-bond donors (Lipinski definition) is 0. The number of allylic oxidation sites excluding steroid dienone is 3. The lowest BCUT2D eigenvalue weighted by Crippen LogP contribution is -2.36. The molecule has 0 atom stereocenters. The van der Waals surface area contributed by atoms with Gasteiger partial charge in [0.1, 0.15) is 0 Å². The summed E-state index contributed by atoms with van der Waals surface area (Å²) in [6.45, 7) is 10.3. The fourth-order valence-corrected chi connectivity index (χ4v) is 3.45. The average molecular weight is 264 g/mol. The van der Waals surface area contributed by atoms with E-state index in [0.29, 0.717) is 5.92 Å². The Labute approximate surface area is 118 Å². The maximum atomic E-state index is 5.45. The van der Waals surface area contributed by atoms with Gasteiger partial charge in [-0.3, -0.25) is 0 Å². The van der Waals surface area contributed by atoms with Gasteiger partial charge in [0.2, 0.25) is 0 Å². The van der Waals surface area contributed by atoms with Gasteiger partial charge >= 0.3 is 0 Å². The van der Waals surface area contributed by atoms with Crippen molar-refractivity contribution in [1.29, 1.82) is 0 Å². The van der Waals surface area contributed by atoms with E-state index >= 15 is 0 Å². The van der Waals surface area contributed by atoms with Crippen molar-refractivity contribution in [3.63, 3.8) is 0 Å². The van der Waals surface area contributed by atoms with Gasteiger partial charge in [-0.2, -0.15) is 0 Å². The van der Waals surface area contributed by atoms with Crippen LogP contribution in [0.25, 0.3) is 0 Å². The molecule has 2 heteroatoms. The summed E-state index contributed by atoms with van der Waals surface area (Å²) in [4.78, 5) is 0. The van der Waals surface area contributed by atoms with Gasteiger partial charge in [0.05, 0.1) is 13.2 Å². The first kappa shape index (κ1) is 16.2. The van der Waals surface area contributed by atoms with E-state index in [1.807, 2.05) is 13.0 Å². The Hall–Kier alpha value is -0.820. The summed E-state index contributed by atoms with van der Waals surface area (Å²) in [5.74, 6) is 0.547. The van der Waals surface area contributed by atoms with Crippen LogP contribution < -0.4 is 0 Å². The van der Waals surface area contributed by atoms with Crippen molar-refractivity contribution in [1.82, 2.24) is 0 Å². The fraction of sp³-hybridized carbons (Fsp3) is 0.706. The van der Waals surface area contributed by atoms with Gasteiger partial charge in [-0.25, -0.2) is 0 Å². The van der Waals surface area contributed by atoms with Crippen LogP contribution in [0, 0.1) is 11.3 Å². The van der Waals surface area contributed by atoms with E-state index in [0.717, 1.165) is 26.1 Å². The zero-order chi connectivity index (χ0) is 14.5. The molecule has 0 spiro atoms. The van der Waals surface area contributed by atoms with E-state index in [1.165, 1.54) is 16.7 Å². The number of methoxy groups -OCH3 is 2. The lowest BCUT2D eigenvalue weighted by molar-refractivity contribution is 0.00793. The molecule has 0 unspecified atom stereocenters. The Morgan fingerprint density at radius 3 is 2.21 bits per heavy atom. The summed E-state index contributed by atoms with van der Waals surface area (Å²) < 4.78 is 10.9. The topological polar surface area (TPSA) is 18.5 Å². The maximum absolute atomic E-state index is 5.45. The van der Waals surface area contributed by atoms with Crippen molar-refractivity contribution < 1.29 is 9.47 Å². The molecule has 0 fully saturated rings. The first-order valence-electron chi connectivity index (χ1n) is 7.07. The van der Waals surface area contributed by atoms with Crippen LogP contribution >= 0.6 is 0 Å². The molecule has 0 aromatic rings. The van der Waals surface area contributed by atoms with Gasteiger partial charge in [-0.05, 0) is 49.8 Å². The van der Waals surface area contributed by atoms with Crippen LogP contribution in [0.15, 0.2) is 28.5 Å². The van der Waals surface area contributed by atoms with Crippen LogP contribution in [-0.2, 0) is 9.47 Å². The zero-order valence-corrected chi connectivity index (χ0v) is 13.3. The third-order valence-electron chi connectivity index (χ3n) is 3.77. The minimum atomic E-state index is 0.0668. The van der Waals surface area contributed by atoms with E-state index in [2.05, 4.69) is 26.5 Å². The molecule has 0 bridgehead atoms. The Morgan fingerprint density at radius 2 is 1.79 bits per heavy atom. The first-order chi connectivity index (χ1) is 8.99. The van der Waals surface area contributed by atoms with Crippen molar-refractivity contribution >= 4 is 0 Å². The molecule has 0 aliphatic heterocycles. The van der Waals surface area contributed by atoms with E-state index in [1.54, 1.807) is 14.2 Å². The molecule has 1 aliphatic carbocycles. The second-order valence-corrected chi connectivity index (χ2v) is 5.98. The standard InChI is InChI=1S/C17H28O2/c1-7-8-15-10-17(11-18-5,12-19-6)9-14(4)16(15)13(2)3/h7,13H,9-12H2,1-6H3. The lowest BCUT2D eigenvalue weighted by Gasteiger charge is -2.39. The molecular weight excluding hydrogens is 236 g/mol. The minimum absolute atomic E-state index is 0.0668. The zero-order valence-electron chi connectivity index (χ0n) is 13.3. The smallest absolute Gasteiger partial charge is 0.0547 e. The Morgan fingerprint density at radius 1 is 1.21 bits per heavy atom. The number of hydrogen-bond acceptors (Lipinski definition) is 2. The van der Waals surface area contributed by atoms with Crippen molar-refractivity contribution in [3.8, 4) is 0 Å². The summed E-state index contributed by atoms with van der Waals surface area (Å²) in [7, 11) is 3.54. The molecule has 0 saturated heterocycles. The van der Waals surface area contributed by atoms with Crippen molar-refractivity contribution in [3.05, 3.63) is 28.5 Å². The van der Waals surface area contributed by atoms with Crippen molar-refractivity contribution in [2.75, 3.05) is 27.4 Å². The van der Waals surface area contributed by atoms with E-state index in [4.69, 9.17) is 9.47 Å². The summed E-state index contributed by atoms with van der Waals surface area (Å²) in [6.07, 6.45) is 4.06. The van der Waals surface area contributed by atoms with Gasteiger partial charge < -0.3 is 9.47 Å². The average Bonchev–Trinajstić information content (AvgIpc) is 2.28. The number of ether oxygens (including phenoxy) is 2. The molecule has 1 rings (SSSR count). The summed E-state index contributed by atoms with van der Waals surface area (Å²) in [6, 6.07) is 0. The molecule has 0 radical (unpaired) electrons. The van der Waals surface area contributed by atoms with Gasteiger partial charge in [0.25, 0.3) is 0 Å². The van der Waals surface area contributed by atoms with Gasteiger partial charge in [0.15, 0.2) is 0 Å². The largest absolute Gasteiger partial charge is 0.384 e. The normalized spacial score (nSPS) is 18.8. The van der Waals surface area contributed by atoms with E-state index in [9.17, 15) is 0 Å². The SMILES string of the molecule is CC=C=C1CC(COC)(COC)CC(C)=C1C(C)C. The second kappa shape index (κ2) is 7.09. The van der Waals surface area contributed by atoms with Crippen LogP contribution in [0.2, 0.25) is 0 Å². The van der Waals surface area contributed by atoms with Crippen molar-refractivity contribution in [2.24, 2.45) is 11.3 Å². The highest BCUT2D eigenvalue weighted by Crippen LogP contribution is 2.44. The van der Waals surface area contributed by atoms with E-state index < -0.39 is 0 Å². The van der Waals surface area contributed by atoms with Crippen LogP contribution in [0.5, 0.6) is 0 Å². The third kappa shape index (κ3) is 3.82. The van der Waals surface area contributed by atoms with E-state index in [-0.39, 0.29) is 5.41 Å². The molecule has 2 nitrogen and oxygen atoms in total. The molecule has 1 aliphatic rings. The third-order valence-corrected chi connectivity index (χ3v) is 3.77. The summed E-state index contributed by atoms with van der Waals surface area (Å²) >= 11 is 0. The quantitative estimate of drug-likeness (QED) is 0.695. The number of rotatable bonds is 5. The molecule has 0 heterocycles. The molecular formula is C17H28O2. The highest BCUT2D eigenvalue weighted by molar-refractivity contribution is 5.40. The first-order valence-corrected chi connectivity index (χ1v) is 7.07. The van der Waals surface area contributed by atoms with Crippen LogP contribution in [0.4, 0.5) is 0 Å². The lowest BCUT2D eigenvalue weighted by atomic mass is 9.68. The Bertz CT molecular complexity index is 389.